The first kappa shape index (κ1) is 111. The molecular weight excluding hydrogens is 2020 g/mol. The lowest BCUT2D eigenvalue weighted by Crippen LogP contribution is -2.13. The molecule has 0 spiro atoms. The molecule has 0 radical (unpaired) electrons. The Hall–Kier alpha value is -14.4. The van der Waals surface area contributed by atoms with Crippen LogP contribution in [-0.2, 0) is 26.4 Å². The number of nitrogens with two attached hydrogens (primary N) is 4. The van der Waals surface area contributed by atoms with Gasteiger partial charge < -0.3 is 17.2 Å². The molecule has 0 unspecified atom stereocenters. The number of carbonyl (C=O) groups is 1. The average Bonchev–Trinajstić information content (AvgIpc) is 0.793. The Morgan fingerprint density at radius 2 is 0.707 bits per heavy atom. The van der Waals surface area contributed by atoms with E-state index in [0.717, 1.165) is 114 Å². The Bertz CT molecular complexity index is 8440. The minimum Gasteiger partial charge on any atom is -0.384 e. The Morgan fingerprint density at radius 1 is 0.333 bits per heavy atom. The number of pyridine rings is 4. The number of rotatable bonds is 5. The van der Waals surface area contributed by atoms with E-state index in [2.05, 4.69) is 146 Å². The molecule has 4 heterocycles. The van der Waals surface area contributed by atoms with Gasteiger partial charge in [0, 0.05) is 118 Å². The normalized spacial score (nSPS) is 10.8. The van der Waals surface area contributed by atoms with Gasteiger partial charge in [-0.05, 0) is 393 Å². The third kappa shape index (κ3) is 30.7. The maximum absolute atomic E-state index is 13.1. The van der Waals surface area contributed by atoms with Gasteiger partial charge in [-0.3, -0.25) is 30.1 Å². The summed E-state index contributed by atoms with van der Waals surface area (Å²) in [6.45, 7) is 22.1. The van der Waals surface area contributed by atoms with Crippen LogP contribution in [0.4, 0.5) is 4.39 Å². The molecular formula is C122H106Cl7FN10O5S2. The molecule has 0 saturated heterocycles. The predicted molar refractivity (Wildman–Crippen MR) is 618 cm³/mol. The van der Waals surface area contributed by atoms with Crippen LogP contribution in [0.15, 0.2) is 368 Å². The van der Waals surface area contributed by atoms with E-state index >= 15 is 0 Å². The highest BCUT2D eigenvalue weighted by atomic mass is 35.5. The van der Waals surface area contributed by atoms with E-state index in [4.69, 9.17) is 114 Å². The fraction of sp³-hybridized carbons (Fsp3) is 0.107. The number of primary amides is 1. The van der Waals surface area contributed by atoms with Crippen LogP contribution in [0, 0.1) is 98.7 Å². The molecule has 18 aromatic carbocycles. The maximum Gasteiger partial charge on any atom is 0.248 e. The van der Waals surface area contributed by atoms with Gasteiger partial charge in [0.05, 0.1) is 32.5 Å². The number of sulfonamides is 1. The number of nitrogen functional groups attached to an aromatic ring is 1. The van der Waals surface area contributed by atoms with Gasteiger partial charge in [-0.15, -0.1) is 0 Å². The van der Waals surface area contributed by atoms with Crippen molar-refractivity contribution in [2.75, 3.05) is 6.26 Å². The summed E-state index contributed by atoms with van der Waals surface area (Å²) >= 11 is 41.1. The number of aryl methyl sites for hydroxylation is 11. The lowest BCUT2D eigenvalue weighted by atomic mass is 10.0. The third-order valence-electron chi connectivity index (χ3n) is 24.1. The van der Waals surface area contributed by atoms with Crippen LogP contribution in [0.1, 0.15) is 88.2 Å². The number of aromatic nitrogens is 4. The molecule has 0 aliphatic heterocycles. The van der Waals surface area contributed by atoms with Gasteiger partial charge in [-0.1, -0.05) is 239 Å². The largest absolute Gasteiger partial charge is 0.384 e. The maximum atomic E-state index is 13.1. The summed E-state index contributed by atoms with van der Waals surface area (Å²) in [7, 11) is -6.86. The zero-order valence-corrected chi connectivity index (χ0v) is 89.6. The number of primary sulfonamides is 1. The quantitative estimate of drug-likeness (QED) is 0.0794. The van der Waals surface area contributed by atoms with E-state index in [9.17, 15) is 26.0 Å². The van der Waals surface area contributed by atoms with E-state index < -0.39 is 25.8 Å². The zero-order chi connectivity index (χ0) is 106. The van der Waals surface area contributed by atoms with E-state index in [1.54, 1.807) is 81.4 Å². The predicted octanol–water partition coefficient (Wildman–Crippen LogP) is 32.7. The molecule has 15 nitrogen and oxygen atoms in total. The van der Waals surface area contributed by atoms with Crippen LogP contribution in [0.5, 0.6) is 0 Å². The summed E-state index contributed by atoms with van der Waals surface area (Å²) in [5.74, 6) is -0.501. The van der Waals surface area contributed by atoms with Crippen LogP contribution < -0.4 is 22.3 Å². The number of benzene rings is 18. The van der Waals surface area contributed by atoms with Crippen molar-refractivity contribution in [3.8, 4) is 6.07 Å². The van der Waals surface area contributed by atoms with Gasteiger partial charge in [-0.25, -0.2) is 26.4 Å². The van der Waals surface area contributed by atoms with Crippen molar-refractivity contribution in [2.24, 2.45) is 22.3 Å². The molecule has 0 fully saturated rings. The average molecular weight is 2120 g/mol. The number of sulfone groups is 1. The first-order chi connectivity index (χ1) is 70.0. The number of nitrogens with one attached hydrogen (secondary N) is 1. The molecule has 0 saturated carbocycles. The number of nitriles is 1. The van der Waals surface area contributed by atoms with Crippen molar-refractivity contribution in [3.63, 3.8) is 0 Å². The molecule has 0 aliphatic carbocycles. The molecule has 0 bridgehead atoms. The standard InChI is InChI=1S/C12H11ClN2.C12H10ClNO.C12H12ClN.C12H8ClN.C12H11ClO2S.C11H8ClF.C11H10ClNO2S.4C10H9N/c2*1-7-4-8-2-3-10(13)5-9(8)6-11(7)12(14)15;2*1-8-4-9-2-3-12(13)6-10(9)5-11(8)7-14;1-8-5-9-3-4-11(13)6-10(9)7-12(8)16(2,14)15;1-7-4-8-2-3-10(12)5-9(8)6-11(7)13;1-7-4-8-2-3-10(12)5-9(8)6-11(7)16(13,14)15;1-8-4-2-6-10-9(8)5-3-7-11-10;1-8-4-2-5-9-6-3-7-11-10(8)9;1-8-3-2-4-9-7-11-6-5-10(8)9;1-8-3-2-4-9-5-6-11-7-10(8)9/h2-6H,1H3,(H3,14,15);2-6H,1H3,(H2,14,15);2-6H,7,14H2,1H3;2-6H,1H3;3-7H,1-2H3;2-6H,1H3;2-6H,1H3,(H2,13,14,15);4*2-7H,1H3. The van der Waals surface area contributed by atoms with E-state index in [1.807, 2.05) is 228 Å². The molecule has 22 rings (SSSR count). The summed E-state index contributed by atoms with van der Waals surface area (Å²) < 4.78 is 58.9. The van der Waals surface area contributed by atoms with Crippen molar-refractivity contribution < 1.29 is 26.0 Å². The number of para-hydroxylation sites is 1. The van der Waals surface area contributed by atoms with Gasteiger partial charge in [0.25, 0.3) is 0 Å². The minimum atomic E-state index is -3.68. The Kier molecular flexibility index (Phi) is 38.7. The lowest BCUT2D eigenvalue weighted by Gasteiger charge is -2.06. The molecule has 742 valence electrons. The third-order valence-corrected chi connectivity index (χ3v) is 28.0. The number of halogens is 8. The van der Waals surface area contributed by atoms with E-state index in [0.29, 0.717) is 63.8 Å². The highest BCUT2D eigenvalue weighted by Gasteiger charge is 2.16. The van der Waals surface area contributed by atoms with E-state index in [1.165, 1.54) is 83.4 Å². The molecule has 22 aromatic rings. The first-order valence-electron chi connectivity index (χ1n) is 46.2. The number of amides is 1. The van der Waals surface area contributed by atoms with Crippen molar-refractivity contribution >= 4 is 232 Å². The molecule has 1 amide bonds. The Balaban J connectivity index is 0.000000144. The lowest BCUT2D eigenvalue weighted by molar-refractivity contribution is 0.0999. The summed E-state index contributed by atoms with van der Waals surface area (Å²) in [5, 5.41) is 47.6. The summed E-state index contributed by atoms with van der Waals surface area (Å²) in [6.07, 6.45) is 12.3. The molecule has 0 atom stereocenters. The SMILES string of the molecule is Cc1cc2ccc(Cl)cc2cc1C#N.Cc1cc2ccc(Cl)cc2cc1C(=N)N.Cc1cc2ccc(Cl)cc2cc1C(N)=O.Cc1cc2ccc(Cl)cc2cc1CN.Cc1cc2ccc(Cl)cc2cc1F.Cc1cc2ccc(Cl)cc2cc1S(C)(=O)=O.Cc1cc2ccc(Cl)cc2cc1S(N)(=O)=O.Cc1cccc2cccnc12.Cc1cccc2ccncc12.Cc1cccc2cnccc12.Cc1cccc2ncccc12. The van der Waals surface area contributed by atoms with E-state index in [-0.39, 0.29) is 16.5 Å². The number of carbonyl (C=O) groups excluding carboxylic acids is 1. The van der Waals surface area contributed by atoms with Crippen molar-refractivity contribution in [1.29, 1.82) is 10.7 Å². The highest BCUT2D eigenvalue weighted by molar-refractivity contribution is 7.90. The molecule has 9 N–H and O–H groups in total. The van der Waals surface area contributed by atoms with Crippen LogP contribution >= 0.6 is 81.2 Å². The minimum absolute atomic E-state index is 0.0920. The second kappa shape index (κ2) is 51.1. The van der Waals surface area contributed by atoms with Crippen molar-refractivity contribution in [3.05, 3.63) is 483 Å². The Labute approximate surface area is 891 Å². The molecule has 4 aromatic heterocycles. The van der Waals surface area contributed by atoms with Gasteiger partial charge in [0.2, 0.25) is 15.9 Å². The number of hydrogen-bond acceptors (Lipinski definition) is 12. The van der Waals surface area contributed by atoms with Gasteiger partial charge >= 0.3 is 0 Å². The molecule has 25 heteroatoms. The topological polar surface area (TPSA) is 289 Å². The van der Waals surface area contributed by atoms with Crippen molar-refractivity contribution in [2.45, 2.75) is 92.5 Å². The Morgan fingerprint density at radius 3 is 1.17 bits per heavy atom. The van der Waals surface area contributed by atoms with Gasteiger partial charge in [-0.2, -0.15) is 5.26 Å². The van der Waals surface area contributed by atoms with Gasteiger partial charge in [0.1, 0.15) is 11.7 Å². The van der Waals surface area contributed by atoms with Crippen molar-refractivity contribution in [1.82, 2.24) is 19.9 Å². The number of fused-ring (bicyclic) bond motifs is 11. The first-order valence-corrected chi connectivity index (χ1v) is 52.3. The van der Waals surface area contributed by atoms with Crippen LogP contribution in [-0.4, -0.2) is 54.8 Å². The number of hydrogen-bond donors (Lipinski definition) is 5. The highest BCUT2D eigenvalue weighted by Crippen LogP contribution is 2.33. The van der Waals surface area contributed by atoms with Crippen LogP contribution in [0.2, 0.25) is 35.2 Å². The van der Waals surface area contributed by atoms with Crippen LogP contribution in [0.3, 0.4) is 0 Å². The number of nitrogens with zero attached hydrogens (tertiary/aromatic N) is 5. The summed E-state index contributed by atoms with van der Waals surface area (Å²) in [6, 6.07) is 104. The second-order valence-corrected chi connectivity index (χ2v) is 41.7. The smallest absolute Gasteiger partial charge is 0.248 e. The monoisotopic (exact) mass is 2120 g/mol. The fourth-order valence-corrected chi connectivity index (χ4v) is 19.4. The summed E-state index contributed by atoms with van der Waals surface area (Å²) in [4.78, 5) is 28.3. The molecule has 147 heavy (non-hydrogen) atoms. The molecule has 0 aliphatic rings. The van der Waals surface area contributed by atoms with Crippen LogP contribution in [0.25, 0.3) is 119 Å². The fourth-order valence-electron chi connectivity index (χ4n) is 16.3. The van der Waals surface area contributed by atoms with Gasteiger partial charge in [0.15, 0.2) is 9.84 Å². The summed E-state index contributed by atoms with van der Waals surface area (Å²) in [5.41, 5.74) is 33.1. The zero-order valence-electron chi connectivity index (χ0n) is 82.7. The second-order valence-electron chi connectivity index (χ2n) is 35.1. The number of amidine groups is 1.